The van der Waals surface area contributed by atoms with Crippen molar-refractivity contribution in [3.63, 3.8) is 0 Å². The van der Waals surface area contributed by atoms with Gasteiger partial charge in [-0.25, -0.2) is 0 Å². The van der Waals surface area contributed by atoms with Crippen LogP contribution in [0.4, 0.5) is 0 Å². The maximum atomic E-state index is 10.5. The van der Waals surface area contributed by atoms with Gasteiger partial charge in [0, 0.05) is 6.07 Å². The van der Waals surface area contributed by atoms with Crippen LogP contribution in [0.3, 0.4) is 0 Å². The van der Waals surface area contributed by atoms with Gasteiger partial charge in [-0.3, -0.25) is 0 Å². The van der Waals surface area contributed by atoms with Crippen molar-refractivity contribution in [3.8, 4) is 11.5 Å². The standard InChI is InChI=1S/C14H20O3/c1-14(15,9-10-4-5-10)11-6-12(16-2)8-13(7-11)17-3/h6-8,10,15H,4-5,9H2,1-3H3. The summed E-state index contributed by atoms with van der Waals surface area (Å²) in [6.45, 7) is 1.86. The summed E-state index contributed by atoms with van der Waals surface area (Å²) in [5.74, 6) is 2.10. The largest absolute Gasteiger partial charge is 0.497 e. The highest BCUT2D eigenvalue weighted by Gasteiger charge is 2.33. The van der Waals surface area contributed by atoms with Crippen LogP contribution >= 0.6 is 0 Å². The molecule has 0 aromatic heterocycles. The van der Waals surface area contributed by atoms with E-state index in [9.17, 15) is 5.11 Å². The van der Waals surface area contributed by atoms with Gasteiger partial charge in [-0.2, -0.15) is 0 Å². The number of benzene rings is 1. The van der Waals surface area contributed by atoms with Crippen LogP contribution in [0.5, 0.6) is 11.5 Å². The van der Waals surface area contributed by atoms with Crippen molar-refractivity contribution >= 4 is 0 Å². The zero-order valence-corrected chi connectivity index (χ0v) is 10.7. The van der Waals surface area contributed by atoms with Crippen molar-refractivity contribution in [2.24, 2.45) is 5.92 Å². The minimum absolute atomic E-state index is 0.669. The maximum absolute atomic E-state index is 10.5. The second-order valence-corrected chi connectivity index (χ2v) is 5.02. The summed E-state index contributed by atoms with van der Waals surface area (Å²) in [5.41, 5.74) is 0.0591. The van der Waals surface area contributed by atoms with Gasteiger partial charge in [0.25, 0.3) is 0 Å². The van der Waals surface area contributed by atoms with Crippen molar-refractivity contribution in [2.45, 2.75) is 31.8 Å². The SMILES string of the molecule is COc1cc(OC)cc(C(C)(O)CC2CC2)c1. The Morgan fingerprint density at radius 1 is 1.18 bits per heavy atom. The zero-order chi connectivity index (χ0) is 12.5. The van der Waals surface area contributed by atoms with E-state index >= 15 is 0 Å². The molecule has 0 aliphatic heterocycles. The van der Waals surface area contributed by atoms with Crippen LogP contribution in [0.1, 0.15) is 31.7 Å². The smallest absolute Gasteiger partial charge is 0.122 e. The lowest BCUT2D eigenvalue weighted by Gasteiger charge is -2.24. The third kappa shape index (κ3) is 2.91. The van der Waals surface area contributed by atoms with Gasteiger partial charge >= 0.3 is 0 Å². The molecule has 17 heavy (non-hydrogen) atoms. The van der Waals surface area contributed by atoms with Crippen LogP contribution < -0.4 is 9.47 Å². The second-order valence-electron chi connectivity index (χ2n) is 5.02. The van der Waals surface area contributed by atoms with Gasteiger partial charge in [0.2, 0.25) is 0 Å². The van der Waals surface area contributed by atoms with E-state index in [-0.39, 0.29) is 0 Å². The van der Waals surface area contributed by atoms with Gasteiger partial charge in [-0.1, -0.05) is 12.8 Å². The third-order valence-electron chi connectivity index (χ3n) is 3.36. The molecule has 1 aliphatic rings. The molecule has 1 N–H and O–H groups in total. The molecule has 1 aromatic carbocycles. The molecule has 94 valence electrons. The molecule has 1 unspecified atom stereocenters. The van der Waals surface area contributed by atoms with Crippen molar-refractivity contribution in [1.82, 2.24) is 0 Å². The summed E-state index contributed by atoms with van der Waals surface area (Å²) in [7, 11) is 3.24. The first-order valence-electron chi connectivity index (χ1n) is 6.01. The fourth-order valence-corrected chi connectivity index (χ4v) is 2.12. The van der Waals surface area contributed by atoms with E-state index in [0.717, 1.165) is 23.5 Å². The topological polar surface area (TPSA) is 38.7 Å². The van der Waals surface area contributed by atoms with Crippen LogP contribution in [0, 0.1) is 5.92 Å². The van der Waals surface area contributed by atoms with E-state index in [1.807, 2.05) is 25.1 Å². The Morgan fingerprint density at radius 3 is 2.12 bits per heavy atom. The van der Waals surface area contributed by atoms with Gasteiger partial charge in [0.15, 0.2) is 0 Å². The highest BCUT2D eigenvalue weighted by molar-refractivity contribution is 5.40. The van der Waals surface area contributed by atoms with Gasteiger partial charge in [-0.05, 0) is 37.0 Å². The van der Waals surface area contributed by atoms with Crippen LogP contribution in [-0.4, -0.2) is 19.3 Å². The van der Waals surface area contributed by atoms with Crippen molar-refractivity contribution < 1.29 is 14.6 Å². The van der Waals surface area contributed by atoms with Crippen molar-refractivity contribution in [3.05, 3.63) is 23.8 Å². The minimum Gasteiger partial charge on any atom is -0.497 e. The molecule has 1 atom stereocenters. The van der Waals surface area contributed by atoms with Gasteiger partial charge in [0.1, 0.15) is 11.5 Å². The monoisotopic (exact) mass is 236 g/mol. The number of aliphatic hydroxyl groups is 1. The van der Waals surface area contributed by atoms with E-state index in [1.165, 1.54) is 12.8 Å². The summed E-state index contributed by atoms with van der Waals surface area (Å²) in [6, 6.07) is 5.58. The molecule has 3 nitrogen and oxygen atoms in total. The fraction of sp³-hybridized carbons (Fsp3) is 0.571. The number of rotatable bonds is 5. The lowest BCUT2D eigenvalue weighted by molar-refractivity contribution is 0.0413. The van der Waals surface area contributed by atoms with Crippen LogP contribution in [0.25, 0.3) is 0 Å². The summed E-state index contributed by atoms with van der Waals surface area (Å²) in [4.78, 5) is 0. The first-order valence-corrected chi connectivity index (χ1v) is 6.01. The average Bonchev–Trinajstić information content (AvgIpc) is 3.11. The molecule has 1 aromatic rings. The van der Waals surface area contributed by atoms with Crippen molar-refractivity contribution in [2.75, 3.05) is 14.2 Å². The number of hydrogen-bond acceptors (Lipinski definition) is 3. The highest BCUT2D eigenvalue weighted by atomic mass is 16.5. The molecule has 0 amide bonds. The van der Waals surface area contributed by atoms with E-state index in [2.05, 4.69) is 0 Å². The van der Waals surface area contributed by atoms with E-state index in [0.29, 0.717) is 5.92 Å². The Balaban J connectivity index is 2.28. The Morgan fingerprint density at radius 2 is 1.71 bits per heavy atom. The van der Waals surface area contributed by atoms with Crippen LogP contribution in [0.2, 0.25) is 0 Å². The van der Waals surface area contributed by atoms with Gasteiger partial charge < -0.3 is 14.6 Å². The molecular formula is C14H20O3. The average molecular weight is 236 g/mol. The molecule has 1 saturated carbocycles. The van der Waals surface area contributed by atoms with Crippen molar-refractivity contribution in [1.29, 1.82) is 0 Å². The van der Waals surface area contributed by atoms with E-state index in [1.54, 1.807) is 14.2 Å². The first kappa shape index (κ1) is 12.2. The molecule has 1 fully saturated rings. The molecule has 3 heteroatoms. The predicted octanol–water partition coefficient (Wildman–Crippen LogP) is 2.71. The predicted molar refractivity (Wildman–Crippen MR) is 66.5 cm³/mol. The highest BCUT2D eigenvalue weighted by Crippen LogP contribution is 2.41. The summed E-state index contributed by atoms with van der Waals surface area (Å²) in [6.07, 6.45) is 3.28. The third-order valence-corrected chi connectivity index (χ3v) is 3.36. The van der Waals surface area contributed by atoms with E-state index < -0.39 is 5.60 Å². The minimum atomic E-state index is -0.803. The molecule has 0 bridgehead atoms. The number of methoxy groups -OCH3 is 2. The molecule has 0 radical (unpaired) electrons. The summed E-state index contributed by atoms with van der Waals surface area (Å²) >= 11 is 0. The normalized spacial score (nSPS) is 18.6. The van der Waals surface area contributed by atoms with Gasteiger partial charge in [-0.15, -0.1) is 0 Å². The lowest BCUT2D eigenvalue weighted by Crippen LogP contribution is -2.22. The Hall–Kier alpha value is -1.22. The van der Waals surface area contributed by atoms with Gasteiger partial charge in [0.05, 0.1) is 19.8 Å². The first-order chi connectivity index (χ1) is 8.05. The Labute approximate surface area is 102 Å². The molecule has 0 saturated heterocycles. The van der Waals surface area contributed by atoms with Crippen LogP contribution in [0.15, 0.2) is 18.2 Å². The quantitative estimate of drug-likeness (QED) is 0.854. The summed E-state index contributed by atoms with van der Waals surface area (Å²) in [5, 5.41) is 10.5. The maximum Gasteiger partial charge on any atom is 0.122 e. The molecular weight excluding hydrogens is 216 g/mol. The van der Waals surface area contributed by atoms with Crippen LogP contribution in [-0.2, 0) is 5.60 Å². The molecule has 1 aliphatic carbocycles. The molecule has 0 heterocycles. The second kappa shape index (κ2) is 4.57. The fourth-order valence-electron chi connectivity index (χ4n) is 2.12. The number of ether oxygens (including phenoxy) is 2. The molecule has 0 spiro atoms. The zero-order valence-electron chi connectivity index (χ0n) is 10.7. The Kier molecular flexibility index (Phi) is 3.29. The summed E-state index contributed by atoms with van der Waals surface area (Å²) < 4.78 is 10.4. The molecule has 2 rings (SSSR count). The van der Waals surface area contributed by atoms with E-state index in [4.69, 9.17) is 9.47 Å². The Bertz CT molecular complexity index is 372. The lowest BCUT2D eigenvalue weighted by atomic mass is 9.90. The number of hydrogen-bond donors (Lipinski definition) is 1.